The Morgan fingerprint density at radius 1 is 1.06 bits per heavy atom. The molecule has 0 aromatic heterocycles. The fourth-order valence-corrected chi connectivity index (χ4v) is 3.15. The first-order valence-corrected chi connectivity index (χ1v) is 7.33. The predicted octanol–water partition coefficient (Wildman–Crippen LogP) is 2.26. The second-order valence-electron chi connectivity index (χ2n) is 5.46. The van der Waals surface area contributed by atoms with Gasteiger partial charge in [-0.1, -0.05) is 26.2 Å². The van der Waals surface area contributed by atoms with Crippen LogP contribution in [0.1, 0.15) is 51.9 Å². The molecule has 2 fully saturated rings. The van der Waals surface area contributed by atoms with E-state index >= 15 is 0 Å². The van der Waals surface area contributed by atoms with Crippen molar-refractivity contribution >= 4 is 5.91 Å². The number of hydrogen-bond acceptors (Lipinski definition) is 2. The monoisotopic (exact) mass is 238 g/mol. The molecule has 3 heteroatoms. The summed E-state index contributed by atoms with van der Waals surface area (Å²) in [6.45, 7) is 6.18. The molecule has 0 aromatic rings. The van der Waals surface area contributed by atoms with Gasteiger partial charge in [0.15, 0.2) is 0 Å². The largest absolute Gasteiger partial charge is 0.340 e. The third-order valence-electron chi connectivity index (χ3n) is 4.22. The molecular weight excluding hydrogens is 212 g/mol. The van der Waals surface area contributed by atoms with E-state index in [2.05, 4.69) is 16.7 Å². The van der Waals surface area contributed by atoms with E-state index < -0.39 is 0 Å². The van der Waals surface area contributed by atoms with Gasteiger partial charge < -0.3 is 4.90 Å². The van der Waals surface area contributed by atoms with E-state index in [1.54, 1.807) is 0 Å². The first-order valence-electron chi connectivity index (χ1n) is 7.33. The van der Waals surface area contributed by atoms with Crippen LogP contribution in [-0.4, -0.2) is 47.9 Å². The second kappa shape index (κ2) is 6.39. The van der Waals surface area contributed by atoms with Crippen LogP contribution in [0.2, 0.25) is 0 Å². The van der Waals surface area contributed by atoms with Gasteiger partial charge in [0.05, 0.1) is 0 Å². The van der Waals surface area contributed by atoms with E-state index in [0.717, 1.165) is 45.1 Å². The fourth-order valence-electron chi connectivity index (χ4n) is 3.15. The summed E-state index contributed by atoms with van der Waals surface area (Å²) >= 11 is 0. The molecule has 1 saturated heterocycles. The summed E-state index contributed by atoms with van der Waals surface area (Å²) in [6.07, 6.45) is 8.68. The molecule has 0 atom stereocenters. The van der Waals surface area contributed by atoms with Gasteiger partial charge in [0.2, 0.25) is 5.91 Å². The number of hydrogen-bond donors (Lipinski definition) is 0. The van der Waals surface area contributed by atoms with Crippen molar-refractivity contribution < 1.29 is 4.79 Å². The van der Waals surface area contributed by atoms with Crippen LogP contribution < -0.4 is 0 Å². The summed E-state index contributed by atoms with van der Waals surface area (Å²) in [5.74, 6) is 0.357. The number of nitrogens with zero attached hydrogens (tertiary/aromatic N) is 2. The lowest BCUT2D eigenvalue weighted by molar-refractivity contribution is -0.133. The standard InChI is InChI=1S/C14H26N2O/c1-2-6-14(17)16-11-9-15(10-12-16)13-7-4-3-5-8-13/h13H,2-12H2,1H3. The first kappa shape index (κ1) is 12.9. The van der Waals surface area contributed by atoms with Crippen molar-refractivity contribution in [1.82, 2.24) is 9.80 Å². The normalized spacial score (nSPS) is 23.9. The second-order valence-corrected chi connectivity index (χ2v) is 5.46. The minimum absolute atomic E-state index is 0.357. The maximum atomic E-state index is 11.8. The highest BCUT2D eigenvalue weighted by atomic mass is 16.2. The zero-order chi connectivity index (χ0) is 12.1. The average molecular weight is 238 g/mol. The van der Waals surface area contributed by atoms with Crippen molar-refractivity contribution in [3.63, 3.8) is 0 Å². The smallest absolute Gasteiger partial charge is 0.222 e. The summed E-state index contributed by atoms with van der Waals surface area (Å²) in [5.41, 5.74) is 0. The average Bonchev–Trinajstić information content (AvgIpc) is 2.40. The van der Waals surface area contributed by atoms with Crippen molar-refractivity contribution in [3.05, 3.63) is 0 Å². The molecule has 0 unspecified atom stereocenters. The van der Waals surface area contributed by atoms with Gasteiger partial charge in [0.1, 0.15) is 0 Å². The van der Waals surface area contributed by atoms with E-state index in [0.29, 0.717) is 5.91 Å². The van der Waals surface area contributed by atoms with Crippen molar-refractivity contribution in [2.45, 2.75) is 57.9 Å². The van der Waals surface area contributed by atoms with Gasteiger partial charge in [-0.15, -0.1) is 0 Å². The van der Waals surface area contributed by atoms with Gasteiger partial charge in [-0.3, -0.25) is 9.69 Å². The minimum Gasteiger partial charge on any atom is -0.340 e. The maximum absolute atomic E-state index is 11.8. The molecule has 1 amide bonds. The Balaban J connectivity index is 1.75. The molecule has 3 nitrogen and oxygen atoms in total. The highest BCUT2D eigenvalue weighted by Gasteiger charge is 2.26. The van der Waals surface area contributed by atoms with E-state index in [-0.39, 0.29) is 0 Å². The molecule has 98 valence electrons. The van der Waals surface area contributed by atoms with Gasteiger partial charge in [0, 0.05) is 38.6 Å². The molecule has 1 saturated carbocycles. The summed E-state index contributed by atoms with van der Waals surface area (Å²) in [6, 6.07) is 0.812. The van der Waals surface area contributed by atoms with Crippen molar-refractivity contribution in [2.24, 2.45) is 0 Å². The Morgan fingerprint density at radius 2 is 1.71 bits per heavy atom. The molecule has 0 radical (unpaired) electrons. The number of piperazine rings is 1. The Kier molecular flexibility index (Phi) is 4.84. The molecular formula is C14H26N2O. The number of rotatable bonds is 3. The molecule has 0 aromatic carbocycles. The highest BCUT2D eigenvalue weighted by molar-refractivity contribution is 5.76. The van der Waals surface area contributed by atoms with Crippen LogP contribution in [0.25, 0.3) is 0 Å². The summed E-state index contributed by atoms with van der Waals surface area (Å²) in [7, 11) is 0. The number of amides is 1. The van der Waals surface area contributed by atoms with E-state index in [1.165, 1.54) is 32.1 Å². The van der Waals surface area contributed by atoms with E-state index in [9.17, 15) is 4.79 Å². The molecule has 0 bridgehead atoms. The zero-order valence-electron chi connectivity index (χ0n) is 11.2. The van der Waals surface area contributed by atoms with Gasteiger partial charge >= 0.3 is 0 Å². The first-order chi connectivity index (χ1) is 8.31. The SMILES string of the molecule is CCCC(=O)N1CCN(C2CCCCC2)CC1. The van der Waals surface area contributed by atoms with E-state index in [4.69, 9.17) is 0 Å². The van der Waals surface area contributed by atoms with Gasteiger partial charge in [0.25, 0.3) is 0 Å². The topological polar surface area (TPSA) is 23.6 Å². The van der Waals surface area contributed by atoms with Crippen LogP contribution in [0, 0.1) is 0 Å². The van der Waals surface area contributed by atoms with E-state index in [1.807, 2.05) is 0 Å². The van der Waals surface area contributed by atoms with Crippen LogP contribution in [-0.2, 0) is 4.79 Å². The molecule has 0 N–H and O–H groups in total. The third-order valence-corrected chi connectivity index (χ3v) is 4.22. The fraction of sp³-hybridized carbons (Fsp3) is 0.929. The molecule has 2 aliphatic rings. The number of carbonyl (C=O) groups excluding carboxylic acids is 1. The Labute approximate surface area is 105 Å². The molecule has 1 aliphatic heterocycles. The van der Waals surface area contributed by atoms with Crippen molar-refractivity contribution in [2.75, 3.05) is 26.2 Å². The van der Waals surface area contributed by atoms with Crippen molar-refractivity contribution in [3.8, 4) is 0 Å². The van der Waals surface area contributed by atoms with Gasteiger partial charge in [-0.25, -0.2) is 0 Å². The molecule has 1 aliphatic carbocycles. The highest BCUT2D eigenvalue weighted by Crippen LogP contribution is 2.23. The molecule has 0 spiro atoms. The lowest BCUT2D eigenvalue weighted by atomic mass is 9.94. The Bertz CT molecular complexity index is 241. The third kappa shape index (κ3) is 3.44. The quantitative estimate of drug-likeness (QED) is 0.753. The lowest BCUT2D eigenvalue weighted by Crippen LogP contribution is -2.52. The number of carbonyl (C=O) groups is 1. The predicted molar refractivity (Wildman–Crippen MR) is 69.9 cm³/mol. The summed E-state index contributed by atoms with van der Waals surface area (Å²) in [4.78, 5) is 16.5. The Hall–Kier alpha value is -0.570. The van der Waals surface area contributed by atoms with Crippen molar-refractivity contribution in [1.29, 1.82) is 0 Å². The van der Waals surface area contributed by atoms with Gasteiger partial charge in [-0.05, 0) is 19.3 Å². The van der Waals surface area contributed by atoms with Gasteiger partial charge in [-0.2, -0.15) is 0 Å². The van der Waals surface area contributed by atoms with Crippen LogP contribution >= 0.6 is 0 Å². The molecule has 1 heterocycles. The minimum atomic E-state index is 0.357. The summed E-state index contributed by atoms with van der Waals surface area (Å²) < 4.78 is 0. The Morgan fingerprint density at radius 3 is 2.29 bits per heavy atom. The maximum Gasteiger partial charge on any atom is 0.222 e. The van der Waals surface area contributed by atoms with Crippen LogP contribution in [0.4, 0.5) is 0 Å². The molecule has 2 rings (SSSR count). The van der Waals surface area contributed by atoms with Crippen LogP contribution in [0.15, 0.2) is 0 Å². The lowest BCUT2D eigenvalue weighted by Gasteiger charge is -2.40. The zero-order valence-corrected chi connectivity index (χ0v) is 11.2. The summed E-state index contributed by atoms with van der Waals surface area (Å²) in [5, 5.41) is 0. The van der Waals surface area contributed by atoms with Crippen LogP contribution in [0.5, 0.6) is 0 Å². The molecule has 17 heavy (non-hydrogen) atoms. The van der Waals surface area contributed by atoms with Crippen LogP contribution in [0.3, 0.4) is 0 Å².